The second-order valence-corrected chi connectivity index (χ2v) is 7.52. The van der Waals surface area contributed by atoms with Gasteiger partial charge in [-0.25, -0.2) is 4.79 Å². The van der Waals surface area contributed by atoms with Crippen molar-refractivity contribution in [2.75, 3.05) is 12.4 Å². The largest absolute Gasteiger partial charge is 0.465 e. The lowest BCUT2D eigenvalue weighted by Crippen LogP contribution is -2.16. The van der Waals surface area contributed by atoms with Crippen LogP contribution in [0.2, 0.25) is 0 Å². The van der Waals surface area contributed by atoms with Crippen molar-refractivity contribution >= 4 is 44.8 Å². The molecule has 0 saturated carbocycles. The number of aryl methyl sites for hydroxylation is 1. The van der Waals surface area contributed by atoms with Gasteiger partial charge in [0, 0.05) is 0 Å². The number of ether oxygens (including phenoxy) is 1. The fourth-order valence-electron chi connectivity index (χ4n) is 2.31. The Labute approximate surface area is 155 Å². The molecule has 2 aromatic heterocycles. The van der Waals surface area contributed by atoms with Gasteiger partial charge in [0.2, 0.25) is 0 Å². The Balaban J connectivity index is 1.96. The van der Waals surface area contributed by atoms with E-state index in [4.69, 9.17) is 9.26 Å². The molecule has 0 aliphatic rings. The van der Waals surface area contributed by atoms with E-state index in [0.717, 1.165) is 8.66 Å². The van der Waals surface area contributed by atoms with Crippen LogP contribution in [0, 0.1) is 6.92 Å². The highest BCUT2D eigenvalue weighted by atomic mass is 79.9. The molecule has 0 atom stereocenters. The first-order valence-corrected chi connectivity index (χ1v) is 8.83. The topological polar surface area (TPSA) is 81.4 Å². The summed E-state index contributed by atoms with van der Waals surface area (Å²) in [6.45, 7) is 1.67. The number of amides is 1. The number of rotatable bonds is 4. The van der Waals surface area contributed by atoms with Gasteiger partial charge in [0.25, 0.3) is 5.91 Å². The van der Waals surface area contributed by atoms with E-state index in [1.165, 1.54) is 18.4 Å². The zero-order valence-electron chi connectivity index (χ0n) is 13.3. The third-order valence-corrected chi connectivity index (χ3v) is 5.11. The number of methoxy groups -OCH3 is 1. The van der Waals surface area contributed by atoms with Crippen LogP contribution in [0.5, 0.6) is 0 Å². The number of thiophene rings is 1. The van der Waals surface area contributed by atoms with Crippen LogP contribution in [0.4, 0.5) is 5.69 Å². The van der Waals surface area contributed by atoms with Gasteiger partial charge in [0.1, 0.15) is 17.0 Å². The summed E-state index contributed by atoms with van der Waals surface area (Å²) in [5.74, 6) is -0.539. The average molecular weight is 421 g/mol. The summed E-state index contributed by atoms with van der Waals surface area (Å²) in [7, 11) is 1.29. The summed E-state index contributed by atoms with van der Waals surface area (Å²) in [4.78, 5) is 25.4. The van der Waals surface area contributed by atoms with Crippen LogP contribution in [-0.4, -0.2) is 24.1 Å². The predicted octanol–water partition coefficient (Wildman–Crippen LogP) is 4.51. The number of benzene rings is 1. The molecule has 0 spiro atoms. The molecule has 3 rings (SSSR count). The van der Waals surface area contributed by atoms with Gasteiger partial charge in [-0.05, 0) is 47.1 Å². The second kappa shape index (κ2) is 7.20. The van der Waals surface area contributed by atoms with Crippen molar-refractivity contribution in [1.82, 2.24) is 5.16 Å². The first-order valence-electron chi connectivity index (χ1n) is 7.22. The Hall–Kier alpha value is -2.45. The van der Waals surface area contributed by atoms with E-state index in [-0.39, 0.29) is 5.56 Å². The van der Waals surface area contributed by atoms with E-state index in [9.17, 15) is 9.59 Å². The number of carbonyl (C=O) groups excluding carboxylic acids is 2. The van der Waals surface area contributed by atoms with Gasteiger partial charge in [0.05, 0.1) is 27.0 Å². The van der Waals surface area contributed by atoms with E-state index in [1.54, 1.807) is 31.2 Å². The van der Waals surface area contributed by atoms with E-state index in [0.29, 0.717) is 22.7 Å². The zero-order chi connectivity index (χ0) is 18.0. The zero-order valence-corrected chi connectivity index (χ0v) is 15.7. The number of nitrogens with one attached hydrogen (secondary N) is 1. The van der Waals surface area contributed by atoms with Gasteiger partial charge in [-0.3, -0.25) is 4.79 Å². The van der Waals surface area contributed by atoms with Crippen molar-refractivity contribution in [3.8, 4) is 10.6 Å². The molecular weight excluding hydrogens is 408 g/mol. The van der Waals surface area contributed by atoms with E-state index < -0.39 is 11.9 Å². The minimum Gasteiger partial charge on any atom is -0.465 e. The standard InChI is InChI=1S/C17H13BrN2O4S/c1-9-14(15(20-24-9)12-7-8-13(18)25-12)16(21)19-11-6-4-3-5-10(11)17(22)23-2/h3-8H,1-2H3,(H,19,21). The number of esters is 1. The van der Waals surface area contributed by atoms with E-state index >= 15 is 0 Å². The molecule has 3 aromatic rings. The molecule has 0 unspecified atom stereocenters. The normalized spacial score (nSPS) is 10.5. The quantitative estimate of drug-likeness (QED) is 0.627. The van der Waals surface area contributed by atoms with Gasteiger partial charge in [-0.15, -0.1) is 11.3 Å². The highest BCUT2D eigenvalue weighted by Gasteiger charge is 2.24. The van der Waals surface area contributed by atoms with Crippen LogP contribution >= 0.6 is 27.3 Å². The molecule has 25 heavy (non-hydrogen) atoms. The first-order chi connectivity index (χ1) is 12.0. The van der Waals surface area contributed by atoms with Crippen molar-refractivity contribution in [3.63, 3.8) is 0 Å². The molecule has 0 saturated heterocycles. The van der Waals surface area contributed by atoms with E-state index in [2.05, 4.69) is 26.4 Å². The van der Waals surface area contributed by atoms with Crippen molar-refractivity contribution < 1.29 is 18.8 Å². The lowest BCUT2D eigenvalue weighted by atomic mass is 10.1. The van der Waals surface area contributed by atoms with Crippen LogP contribution in [0.1, 0.15) is 26.5 Å². The molecule has 0 aliphatic carbocycles. The molecule has 128 valence electrons. The molecule has 6 nitrogen and oxygen atoms in total. The maximum Gasteiger partial charge on any atom is 0.339 e. The molecule has 0 aliphatic heterocycles. The van der Waals surface area contributed by atoms with E-state index in [1.807, 2.05) is 12.1 Å². The molecule has 0 bridgehead atoms. The number of halogens is 1. The number of nitrogens with zero attached hydrogens (tertiary/aromatic N) is 1. The van der Waals surface area contributed by atoms with Gasteiger partial charge in [-0.1, -0.05) is 17.3 Å². The van der Waals surface area contributed by atoms with Crippen molar-refractivity contribution in [3.05, 3.63) is 57.1 Å². The molecule has 0 radical (unpaired) electrons. The van der Waals surface area contributed by atoms with Gasteiger partial charge in [0.15, 0.2) is 0 Å². The summed E-state index contributed by atoms with van der Waals surface area (Å²) in [6.07, 6.45) is 0. The highest BCUT2D eigenvalue weighted by molar-refractivity contribution is 9.11. The van der Waals surface area contributed by atoms with Crippen molar-refractivity contribution in [2.45, 2.75) is 6.92 Å². The summed E-state index contributed by atoms with van der Waals surface area (Å²) in [5, 5.41) is 6.74. The molecule has 1 amide bonds. The lowest BCUT2D eigenvalue weighted by Gasteiger charge is -2.09. The number of aromatic nitrogens is 1. The Morgan fingerprint density at radius 2 is 2.00 bits per heavy atom. The Kier molecular flexibility index (Phi) is 5.00. The number of anilines is 1. The smallest absolute Gasteiger partial charge is 0.339 e. The van der Waals surface area contributed by atoms with Crippen molar-refractivity contribution in [2.24, 2.45) is 0 Å². The average Bonchev–Trinajstić information content (AvgIpc) is 3.20. The SMILES string of the molecule is COC(=O)c1ccccc1NC(=O)c1c(-c2ccc(Br)s2)noc1C. The first kappa shape index (κ1) is 17.4. The molecular formula is C17H13BrN2O4S. The molecule has 8 heteroatoms. The fraction of sp³-hybridized carbons (Fsp3) is 0.118. The van der Waals surface area contributed by atoms with Crippen LogP contribution in [0.15, 0.2) is 44.7 Å². The van der Waals surface area contributed by atoms with Crippen LogP contribution < -0.4 is 5.32 Å². The Morgan fingerprint density at radius 3 is 2.68 bits per heavy atom. The maximum atomic E-state index is 12.8. The number of carbonyl (C=O) groups is 2. The molecule has 1 N–H and O–H groups in total. The predicted molar refractivity (Wildman–Crippen MR) is 98.0 cm³/mol. The lowest BCUT2D eigenvalue weighted by molar-refractivity contribution is 0.0602. The van der Waals surface area contributed by atoms with Crippen LogP contribution in [0.25, 0.3) is 10.6 Å². The molecule has 2 heterocycles. The molecule has 1 aromatic carbocycles. The molecule has 0 fully saturated rings. The minimum atomic E-state index is -0.527. The summed E-state index contributed by atoms with van der Waals surface area (Å²) >= 11 is 4.84. The number of para-hydroxylation sites is 1. The van der Waals surface area contributed by atoms with Gasteiger partial charge in [-0.2, -0.15) is 0 Å². The number of hydrogen-bond acceptors (Lipinski definition) is 6. The highest BCUT2D eigenvalue weighted by Crippen LogP contribution is 2.34. The third-order valence-electron chi connectivity index (χ3n) is 3.48. The second-order valence-electron chi connectivity index (χ2n) is 5.06. The fourth-order valence-corrected chi connectivity index (χ4v) is 3.69. The van der Waals surface area contributed by atoms with Crippen molar-refractivity contribution in [1.29, 1.82) is 0 Å². The minimum absolute atomic E-state index is 0.271. The summed E-state index contributed by atoms with van der Waals surface area (Å²) in [6, 6.07) is 10.4. The van der Waals surface area contributed by atoms with Crippen LogP contribution in [-0.2, 0) is 4.74 Å². The monoisotopic (exact) mass is 420 g/mol. The summed E-state index contributed by atoms with van der Waals surface area (Å²) in [5.41, 5.74) is 1.42. The Bertz CT molecular complexity index is 948. The number of hydrogen-bond donors (Lipinski definition) is 1. The van der Waals surface area contributed by atoms with Gasteiger partial charge < -0.3 is 14.6 Å². The third kappa shape index (κ3) is 3.49. The summed E-state index contributed by atoms with van der Waals surface area (Å²) < 4.78 is 10.9. The van der Waals surface area contributed by atoms with Crippen LogP contribution in [0.3, 0.4) is 0 Å². The Morgan fingerprint density at radius 1 is 1.24 bits per heavy atom. The maximum absolute atomic E-state index is 12.8. The van der Waals surface area contributed by atoms with Gasteiger partial charge >= 0.3 is 5.97 Å².